The predicted molar refractivity (Wildman–Crippen MR) is 145 cm³/mol. The highest BCUT2D eigenvalue weighted by Gasteiger charge is 2.20. The SMILES string of the molecule is [C-]#[N+]c1cccc(-c2nc(N)c3cc(-c4ccnc(N5CCN(C)CC5)c4)nn3c2-c2ccncc2)c1. The van der Waals surface area contributed by atoms with Crippen LogP contribution in [0, 0.1) is 6.57 Å². The summed E-state index contributed by atoms with van der Waals surface area (Å²) in [4.78, 5) is 21.8. The van der Waals surface area contributed by atoms with Gasteiger partial charge >= 0.3 is 0 Å². The van der Waals surface area contributed by atoms with Gasteiger partial charge in [-0.2, -0.15) is 5.10 Å². The van der Waals surface area contributed by atoms with E-state index in [1.54, 1.807) is 18.5 Å². The second kappa shape index (κ2) is 9.33. The maximum atomic E-state index is 7.44. The summed E-state index contributed by atoms with van der Waals surface area (Å²) in [6.07, 6.45) is 5.32. The second-order valence-corrected chi connectivity index (χ2v) is 9.11. The zero-order valence-electron chi connectivity index (χ0n) is 20.4. The molecule has 1 saturated heterocycles. The number of nitrogen functional groups attached to an aromatic ring is 1. The lowest BCUT2D eigenvalue weighted by atomic mass is 10.0. The molecule has 0 radical (unpaired) electrons. The van der Waals surface area contributed by atoms with Crippen molar-refractivity contribution in [3.63, 3.8) is 0 Å². The molecule has 0 atom stereocenters. The van der Waals surface area contributed by atoms with Crippen LogP contribution in [0.4, 0.5) is 17.3 Å². The maximum absolute atomic E-state index is 7.44. The Balaban J connectivity index is 1.52. The minimum absolute atomic E-state index is 0.369. The molecule has 0 amide bonds. The van der Waals surface area contributed by atoms with Crippen LogP contribution >= 0.6 is 0 Å². The zero-order valence-corrected chi connectivity index (χ0v) is 20.4. The van der Waals surface area contributed by atoms with Gasteiger partial charge in [-0.1, -0.05) is 18.2 Å². The highest BCUT2D eigenvalue weighted by molar-refractivity contribution is 5.86. The Morgan fingerprint density at radius 1 is 0.892 bits per heavy atom. The van der Waals surface area contributed by atoms with E-state index in [0.29, 0.717) is 22.7 Å². The van der Waals surface area contributed by atoms with Gasteiger partial charge in [-0.25, -0.2) is 19.3 Å². The fraction of sp³-hybridized carbons (Fsp3) is 0.179. The number of rotatable bonds is 4. The van der Waals surface area contributed by atoms with Gasteiger partial charge in [0.1, 0.15) is 17.2 Å². The highest BCUT2D eigenvalue weighted by Crippen LogP contribution is 2.36. The van der Waals surface area contributed by atoms with Crippen LogP contribution in [0.1, 0.15) is 0 Å². The van der Waals surface area contributed by atoms with E-state index in [2.05, 4.69) is 37.7 Å². The number of piperazine rings is 1. The molecule has 1 aliphatic heterocycles. The number of hydrogen-bond donors (Lipinski definition) is 1. The van der Waals surface area contributed by atoms with E-state index in [1.807, 2.05) is 53.2 Å². The molecule has 0 spiro atoms. The summed E-state index contributed by atoms with van der Waals surface area (Å²) in [5.74, 6) is 1.31. The van der Waals surface area contributed by atoms with E-state index < -0.39 is 0 Å². The van der Waals surface area contributed by atoms with Gasteiger partial charge in [0.2, 0.25) is 0 Å². The third-order valence-electron chi connectivity index (χ3n) is 6.71. The van der Waals surface area contributed by atoms with E-state index in [0.717, 1.165) is 60.1 Å². The van der Waals surface area contributed by atoms with Crippen molar-refractivity contribution in [3.8, 4) is 33.8 Å². The number of benzene rings is 1. The Labute approximate surface area is 214 Å². The molecular weight excluding hydrogens is 462 g/mol. The third-order valence-corrected chi connectivity index (χ3v) is 6.71. The van der Waals surface area contributed by atoms with Crippen LogP contribution in [0.25, 0.3) is 44.1 Å². The molecular formula is C28H25N9. The first-order valence-electron chi connectivity index (χ1n) is 12.1. The predicted octanol–water partition coefficient (Wildman–Crippen LogP) is 4.41. The Morgan fingerprint density at radius 3 is 2.46 bits per heavy atom. The number of fused-ring (bicyclic) bond motifs is 1. The zero-order chi connectivity index (χ0) is 25.4. The van der Waals surface area contributed by atoms with Gasteiger partial charge < -0.3 is 15.5 Å². The van der Waals surface area contributed by atoms with E-state index in [9.17, 15) is 0 Å². The molecule has 5 heterocycles. The fourth-order valence-corrected chi connectivity index (χ4v) is 4.69. The molecule has 0 saturated carbocycles. The first kappa shape index (κ1) is 22.6. The van der Waals surface area contributed by atoms with Gasteiger partial charge in [-0.05, 0) is 49.0 Å². The molecule has 1 fully saturated rings. The molecule has 2 N–H and O–H groups in total. The molecule has 1 aliphatic rings. The van der Waals surface area contributed by atoms with Crippen LogP contribution in [0.5, 0.6) is 0 Å². The normalized spacial score (nSPS) is 14.1. The summed E-state index contributed by atoms with van der Waals surface area (Å²) in [5, 5.41) is 5.01. The van der Waals surface area contributed by atoms with Gasteiger partial charge in [0.15, 0.2) is 5.69 Å². The molecule has 182 valence electrons. The fourth-order valence-electron chi connectivity index (χ4n) is 4.69. The van der Waals surface area contributed by atoms with E-state index in [1.165, 1.54) is 0 Å². The molecule has 9 heteroatoms. The molecule has 6 rings (SSSR count). The topological polar surface area (TPSA) is 92.8 Å². The summed E-state index contributed by atoms with van der Waals surface area (Å²) in [6, 6.07) is 17.3. The van der Waals surface area contributed by atoms with Gasteiger partial charge in [0.05, 0.1) is 23.7 Å². The van der Waals surface area contributed by atoms with Crippen LogP contribution in [0.3, 0.4) is 0 Å². The van der Waals surface area contributed by atoms with Crippen molar-refractivity contribution in [2.24, 2.45) is 0 Å². The van der Waals surface area contributed by atoms with Crippen molar-refractivity contribution in [3.05, 3.63) is 84.6 Å². The van der Waals surface area contributed by atoms with Crippen LogP contribution in [0.15, 0.2) is 73.2 Å². The van der Waals surface area contributed by atoms with E-state index >= 15 is 0 Å². The van der Waals surface area contributed by atoms with Crippen LogP contribution in [-0.4, -0.2) is 62.7 Å². The van der Waals surface area contributed by atoms with Crippen molar-refractivity contribution in [1.82, 2.24) is 29.5 Å². The quantitative estimate of drug-likeness (QED) is 0.376. The van der Waals surface area contributed by atoms with Crippen LogP contribution in [0.2, 0.25) is 0 Å². The molecule has 9 nitrogen and oxygen atoms in total. The molecule has 1 aromatic carbocycles. The Bertz CT molecular complexity index is 1630. The number of hydrogen-bond acceptors (Lipinski definition) is 7. The van der Waals surface area contributed by atoms with Gasteiger partial charge in [-0.15, -0.1) is 0 Å². The Kier molecular flexibility index (Phi) is 5.71. The van der Waals surface area contributed by atoms with Crippen molar-refractivity contribution in [2.75, 3.05) is 43.9 Å². The lowest BCUT2D eigenvalue weighted by Gasteiger charge is -2.33. The third kappa shape index (κ3) is 4.24. The minimum atomic E-state index is 0.369. The molecule has 0 unspecified atom stereocenters. The molecule has 5 aromatic rings. The average molecular weight is 488 g/mol. The van der Waals surface area contributed by atoms with Crippen LogP contribution in [-0.2, 0) is 0 Å². The summed E-state index contributed by atoms with van der Waals surface area (Å²) in [5.41, 5.74) is 12.6. The second-order valence-electron chi connectivity index (χ2n) is 9.11. The van der Waals surface area contributed by atoms with E-state index in [-0.39, 0.29) is 0 Å². The number of pyridine rings is 2. The van der Waals surface area contributed by atoms with Gasteiger partial charge in [0.25, 0.3) is 0 Å². The van der Waals surface area contributed by atoms with Crippen molar-refractivity contribution < 1.29 is 0 Å². The standard InChI is InChI=1S/C28H25N9/c1-30-22-5-3-4-21(16-22)26-27(19-6-9-31-10-7-19)37-24(28(29)33-26)18-23(34-37)20-8-11-32-25(17-20)36-14-12-35(2)13-15-36/h3-11,16-18H,12-15H2,2H3,(H2,29,33). The number of aromatic nitrogens is 5. The van der Waals surface area contributed by atoms with Gasteiger partial charge in [-0.3, -0.25) is 4.98 Å². The molecule has 4 aromatic heterocycles. The Morgan fingerprint density at radius 2 is 1.68 bits per heavy atom. The van der Waals surface area contributed by atoms with Crippen LogP contribution < -0.4 is 10.6 Å². The van der Waals surface area contributed by atoms with Crippen molar-refractivity contribution in [2.45, 2.75) is 0 Å². The number of anilines is 2. The molecule has 0 bridgehead atoms. The summed E-state index contributed by atoms with van der Waals surface area (Å²) in [6.45, 7) is 11.3. The minimum Gasteiger partial charge on any atom is -0.382 e. The first-order chi connectivity index (χ1) is 18.1. The largest absolute Gasteiger partial charge is 0.382 e. The lowest BCUT2D eigenvalue weighted by molar-refractivity contribution is 0.312. The Hall–Kier alpha value is -4.81. The first-order valence-corrected chi connectivity index (χ1v) is 12.1. The molecule has 0 aliphatic carbocycles. The maximum Gasteiger partial charge on any atom is 0.187 e. The monoisotopic (exact) mass is 487 g/mol. The number of likely N-dealkylation sites (N-methyl/N-ethyl adjacent to an activating group) is 1. The van der Waals surface area contributed by atoms with Crippen molar-refractivity contribution >= 4 is 22.8 Å². The summed E-state index contributed by atoms with van der Waals surface area (Å²) in [7, 11) is 2.14. The summed E-state index contributed by atoms with van der Waals surface area (Å²) >= 11 is 0. The lowest BCUT2D eigenvalue weighted by Crippen LogP contribution is -2.44. The highest BCUT2D eigenvalue weighted by atomic mass is 15.3. The van der Waals surface area contributed by atoms with E-state index in [4.69, 9.17) is 22.4 Å². The van der Waals surface area contributed by atoms with Crippen molar-refractivity contribution in [1.29, 1.82) is 0 Å². The number of nitrogens with zero attached hydrogens (tertiary/aromatic N) is 8. The summed E-state index contributed by atoms with van der Waals surface area (Å²) < 4.78 is 1.85. The van der Waals surface area contributed by atoms with Gasteiger partial charge in [0, 0.05) is 55.9 Å². The molecule has 37 heavy (non-hydrogen) atoms. The number of nitrogens with two attached hydrogens (primary N) is 1. The average Bonchev–Trinajstić information content (AvgIpc) is 3.40. The smallest absolute Gasteiger partial charge is 0.187 e.